The minimum atomic E-state index is -3.55. The van der Waals surface area contributed by atoms with Crippen LogP contribution in [0.3, 0.4) is 0 Å². The molecule has 0 rings (SSSR count). The monoisotopic (exact) mass is 142 g/mol. The topological polar surface area (TPSA) is 46.5 Å². The van der Waals surface area contributed by atoms with Crippen molar-refractivity contribution >= 4 is 7.60 Å². The summed E-state index contributed by atoms with van der Waals surface area (Å²) in [4.78, 5) is 8.42. The summed E-state index contributed by atoms with van der Waals surface area (Å²) in [6, 6.07) is 0. The number of rotatable bonds is 3. The zero-order chi connectivity index (χ0) is 6.62. The molecule has 0 aromatic heterocycles. The Kier molecular flexibility index (Phi) is 3.21. The fourth-order valence-electron chi connectivity index (χ4n) is 0.168. The van der Waals surface area contributed by atoms with Crippen LogP contribution < -0.4 is 0 Å². The lowest BCUT2D eigenvalue weighted by atomic mass is 11.0. The van der Waals surface area contributed by atoms with Gasteiger partial charge in [0, 0.05) is 6.16 Å². The van der Waals surface area contributed by atoms with Crippen LogP contribution in [0, 0.1) is 0 Å². The van der Waals surface area contributed by atoms with E-state index in [0.29, 0.717) is 0 Å². The molecule has 0 amide bonds. The Morgan fingerprint density at radius 3 is 2.50 bits per heavy atom. The Morgan fingerprint density at radius 2 is 2.38 bits per heavy atom. The molecule has 0 saturated carbocycles. The van der Waals surface area contributed by atoms with E-state index in [9.17, 15) is 8.96 Å². The van der Waals surface area contributed by atoms with Crippen molar-refractivity contribution in [2.24, 2.45) is 0 Å². The molecule has 3 nitrogen and oxygen atoms in total. The molecule has 0 saturated heterocycles. The van der Waals surface area contributed by atoms with Crippen molar-refractivity contribution in [3.8, 4) is 0 Å². The van der Waals surface area contributed by atoms with Gasteiger partial charge in [-0.2, -0.15) is 0 Å². The van der Waals surface area contributed by atoms with Gasteiger partial charge < -0.3 is 4.89 Å². The highest BCUT2D eigenvalue weighted by Crippen LogP contribution is 2.40. The molecular weight excluding hydrogens is 134 g/mol. The first-order valence-electron chi connectivity index (χ1n) is 2.14. The summed E-state index contributed by atoms with van der Waals surface area (Å²) in [5, 5.41) is 0. The van der Waals surface area contributed by atoms with Crippen molar-refractivity contribution < 1.29 is 18.4 Å². The molecule has 1 N–H and O–H groups in total. The van der Waals surface area contributed by atoms with Crippen molar-refractivity contribution in [3.05, 3.63) is 0 Å². The largest absolute Gasteiger partial charge is 0.330 e. The van der Waals surface area contributed by atoms with Crippen LogP contribution in [0.25, 0.3) is 0 Å². The average molecular weight is 142 g/mol. The van der Waals surface area contributed by atoms with Crippen LogP contribution in [0.1, 0.15) is 6.92 Å². The lowest BCUT2D eigenvalue weighted by Crippen LogP contribution is -1.88. The Hall–Kier alpha value is 0.0800. The van der Waals surface area contributed by atoms with Gasteiger partial charge in [-0.1, -0.05) is 6.92 Å². The molecule has 0 aliphatic rings. The van der Waals surface area contributed by atoms with Gasteiger partial charge in [-0.3, -0.25) is 9.09 Å². The zero-order valence-electron chi connectivity index (χ0n) is 4.50. The van der Waals surface area contributed by atoms with Gasteiger partial charge in [0.15, 0.2) is 6.86 Å². The first-order valence-corrected chi connectivity index (χ1v) is 3.91. The summed E-state index contributed by atoms with van der Waals surface area (Å²) in [5.74, 6) is 0. The highest BCUT2D eigenvalue weighted by molar-refractivity contribution is 7.52. The summed E-state index contributed by atoms with van der Waals surface area (Å²) in [5.41, 5.74) is 0. The fraction of sp³-hybridized carbons (Fsp3) is 1.00. The first-order chi connectivity index (χ1) is 3.62. The molecule has 1 unspecified atom stereocenters. The summed E-state index contributed by atoms with van der Waals surface area (Å²) >= 11 is 0. The third kappa shape index (κ3) is 3.13. The van der Waals surface area contributed by atoms with Crippen molar-refractivity contribution in [2.45, 2.75) is 6.92 Å². The van der Waals surface area contributed by atoms with Gasteiger partial charge in [0.2, 0.25) is 0 Å². The van der Waals surface area contributed by atoms with Crippen molar-refractivity contribution in [2.75, 3.05) is 13.0 Å². The van der Waals surface area contributed by atoms with E-state index < -0.39 is 14.5 Å². The van der Waals surface area contributed by atoms with Crippen LogP contribution in [-0.2, 0) is 9.09 Å². The van der Waals surface area contributed by atoms with E-state index in [1.807, 2.05) is 0 Å². The minimum Gasteiger partial charge on any atom is -0.324 e. The normalized spacial score (nSPS) is 17.9. The molecular formula is C3H8FO3P. The van der Waals surface area contributed by atoms with Crippen LogP contribution in [0.4, 0.5) is 4.39 Å². The molecule has 0 bridgehead atoms. The molecule has 0 aromatic carbocycles. The van der Waals surface area contributed by atoms with Gasteiger partial charge in [-0.05, 0) is 0 Å². The van der Waals surface area contributed by atoms with Gasteiger partial charge in [0.1, 0.15) is 0 Å². The Labute approximate surface area is 47.0 Å². The van der Waals surface area contributed by atoms with E-state index in [0.717, 1.165) is 0 Å². The molecule has 5 heteroatoms. The second kappa shape index (κ2) is 3.17. The van der Waals surface area contributed by atoms with Gasteiger partial charge in [-0.15, -0.1) is 0 Å². The van der Waals surface area contributed by atoms with Crippen LogP contribution >= 0.6 is 7.60 Å². The van der Waals surface area contributed by atoms with E-state index in [4.69, 9.17) is 4.89 Å². The van der Waals surface area contributed by atoms with E-state index in [-0.39, 0.29) is 6.16 Å². The highest BCUT2D eigenvalue weighted by atomic mass is 31.2. The number of hydrogen-bond donors (Lipinski definition) is 1. The maximum Gasteiger partial charge on any atom is 0.330 e. The lowest BCUT2D eigenvalue weighted by molar-refractivity contribution is 0.168. The smallest absolute Gasteiger partial charge is 0.324 e. The van der Waals surface area contributed by atoms with Crippen molar-refractivity contribution in [3.63, 3.8) is 0 Å². The maximum absolute atomic E-state index is 11.1. The average Bonchev–Trinajstić information content (AvgIpc) is 1.67. The molecule has 0 radical (unpaired) electrons. The van der Waals surface area contributed by atoms with Crippen LogP contribution in [0.15, 0.2) is 0 Å². The van der Waals surface area contributed by atoms with Gasteiger partial charge in [-0.25, -0.2) is 4.39 Å². The third-order valence-corrected chi connectivity index (χ3v) is 1.95. The maximum atomic E-state index is 11.1. The molecule has 0 aliphatic carbocycles. The Balaban J connectivity index is 3.55. The van der Waals surface area contributed by atoms with Gasteiger partial charge >= 0.3 is 7.60 Å². The predicted octanol–water partition coefficient (Wildman–Crippen LogP) is 1.14. The first kappa shape index (κ1) is 8.08. The second-order valence-electron chi connectivity index (χ2n) is 1.19. The Bertz CT molecular complexity index is 105. The van der Waals surface area contributed by atoms with E-state index in [1.165, 1.54) is 6.92 Å². The van der Waals surface area contributed by atoms with Crippen molar-refractivity contribution in [1.82, 2.24) is 0 Å². The molecule has 8 heavy (non-hydrogen) atoms. The SMILES string of the molecule is CCP(=O)(O)OCF. The lowest BCUT2D eigenvalue weighted by Gasteiger charge is -2.03. The summed E-state index contributed by atoms with van der Waals surface area (Å²) < 4.78 is 25.2. The molecule has 0 fully saturated rings. The number of halogens is 1. The standard InChI is InChI=1S/C3H8FO3P/c1-2-8(5,6)7-3-4/h2-3H2,1H3,(H,5,6). The summed E-state index contributed by atoms with van der Waals surface area (Å²) in [6.45, 7) is 0.262. The van der Waals surface area contributed by atoms with Crippen molar-refractivity contribution in [1.29, 1.82) is 0 Å². The molecule has 0 spiro atoms. The van der Waals surface area contributed by atoms with Crippen LogP contribution in [-0.4, -0.2) is 17.9 Å². The van der Waals surface area contributed by atoms with E-state index in [2.05, 4.69) is 4.52 Å². The predicted molar refractivity (Wildman–Crippen MR) is 27.4 cm³/mol. The summed E-state index contributed by atoms with van der Waals surface area (Å²) in [7, 11) is -3.55. The highest BCUT2D eigenvalue weighted by Gasteiger charge is 2.14. The molecule has 50 valence electrons. The minimum absolute atomic E-state index is 0.0447. The van der Waals surface area contributed by atoms with Gasteiger partial charge in [0.05, 0.1) is 0 Å². The number of alkyl halides is 1. The van der Waals surface area contributed by atoms with Crippen LogP contribution in [0.2, 0.25) is 0 Å². The summed E-state index contributed by atoms with van der Waals surface area (Å²) in [6.07, 6.45) is -0.0447. The quantitative estimate of drug-likeness (QED) is 0.601. The zero-order valence-corrected chi connectivity index (χ0v) is 5.40. The third-order valence-electron chi connectivity index (χ3n) is 0.650. The van der Waals surface area contributed by atoms with E-state index in [1.54, 1.807) is 0 Å². The molecule has 0 heterocycles. The molecule has 0 aromatic rings. The number of hydrogen-bond acceptors (Lipinski definition) is 2. The second-order valence-corrected chi connectivity index (χ2v) is 3.36. The molecule has 0 aliphatic heterocycles. The van der Waals surface area contributed by atoms with Gasteiger partial charge in [0.25, 0.3) is 0 Å². The Morgan fingerprint density at radius 1 is 1.88 bits per heavy atom. The van der Waals surface area contributed by atoms with E-state index >= 15 is 0 Å². The van der Waals surface area contributed by atoms with Crippen LogP contribution in [0.5, 0.6) is 0 Å². The molecule has 1 atom stereocenters. The fourth-order valence-corrected chi connectivity index (χ4v) is 0.503.